The third-order valence-electron chi connectivity index (χ3n) is 2.69. The van der Waals surface area contributed by atoms with Crippen LogP contribution in [-0.2, 0) is 0 Å². The number of nitrogens with one attached hydrogen (secondary N) is 1. The first-order valence-corrected chi connectivity index (χ1v) is 6.54. The summed E-state index contributed by atoms with van der Waals surface area (Å²) in [6.45, 7) is 0. The van der Waals surface area contributed by atoms with E-state index in [9.17, 15) is 19.8 Å². The molecule has 0 bridgehead atoms. The van der Waals surface area contributed by atoms with Gasteiger partial charge in [-0.15, -0.1) is 0 Å². The summed E-state index contributed by atoms with van der Waals surface area (Å²) in [5.41, 5.74) is -0.148. The summed E-state index contributed by atoms with van der Waals surface area (Å²) < 4.78 is 0.592. The topological polar surface area (TPSA) is 107 Å². The molecule has 0 radical (unpaired) electrons. The van der Waals surface area contributed by atoms with Crippen LogP contribution in [0.1, 0.15) is 20.7 Å². The number of aromatic carboxylic acids is 1. The van der Waals surface area contributed by atoms with E-state index in [2.05, 4.69) is 21.2 Å². The summed E-state index contributed by atoms with van der Waals surface area (Å²) in [7, 11) is 0. The van der Waals surface area contributed by atoms with E-state index < -0.39 is 11.9 Å². The number of carboxylic acids is 1. The first-order valence-electron chi connectivity index (χ1n) is 5.74. The van der Waals surface area contributed by atoms with Crippen LogP contribution in [0.25, 0.3) is 0 Å². The third kappa shape index (κ3) is 3.32. The minimum atomic E-state index is -1.18. The van der Waals surface area contributed by atoms with Crippen LogP contribution in [0.3, 0.4) is 0 Å². The Hall–Kier alpha value is -2.54. The minimum absolute atomic E-state index is 0.00972. The maximum Gasteiger partial charge on any atom is 0.335 e. The lowest BCUT2D eigenvalue weighted by molar-refractivity contribution is 0.0696. The number of phenols is 2. The Morgan fingerprint density at radius 2 is 1.67 bits per heavy atom. The highest BCUT2D eigenvalue weighted by molar-refractivity contribution is 9.10. The van der Waals surface area contributed by atoms with Gasteiger partial charge >= 0.3 is 5.97 Å². The quantitative estimate of drug-likeness (QED) is 0.636. The monoisotopic (exact) mass is 351 g/mol. The van der Waals surface area contributed by atoms with Gasteiger partial charge in [-0.05, 0) is 36.4 Å². The van der Waals surface area contributed by atoms with Crippen molar-refractivity contribution in [1.82, 2.24) is 0 Å². The van der Waals surface area contributed by atoms with Gasteiger partial charge < -0.3 is 20.6 Å². The molecule has 0 saturated carbocycles. The third-order valence-corrected chi connectivity index (χ3v) is 3.19. The van der Waals surface area contributed by atoms with Crippen molar-refractivity contribution in [3.05, 3.63) is 52.0 Å². The highest BCUT2D eigenvalue weighted by Crippen LogP contribution is 2.27. The van der Waals surface area contributed by atoms with Crippen molar-refractivity contribution in [3.8, 4) is 11.5 Å². The fourth-order valence-corrected chi connectivity index (χ4v) is 2.01. The van der Waals surface area contributed by atoms with Gasteiger partial charge in [0.25, 0.3) is 5.91 Å². The average molecular weight is 352 g/mol. The number of hydrogen-bond acceptors (Lipinski definition) is 4. The van der Waals surface area contributed by atoms with Crippen molar-refractivity contribution in [1.29, 1.82) is 0 Å². The molecule has 0 heterocycles. The summed E-state index contributed by atoms with van der Waals surface area (Å²) in [5.74, 6) is -2.37. The first-order chi connectivity index (χ1) is 9.88. The lowest BCUT2D eigenvalue weighted by atomic mass is 10.1. The predicted molar refractivity (Wildman–Crippen MR) is 78.8 cm³/mol. The molecule has 0 spiro atoms. The van der Waals surface area contributed by atoms with Gasteiger partial charge in [0.15, 0.2) is 0 Å². The normalized spacial score (nSPS) is 10.1. The zero-order valence-corrected chi connectivity index (χ0v) is 12.1. The second-order valence-electron chi connectivity index (χ2n) is 4.15. The van der Waals surface area contributed by atoms with Crippen LogP contribution in [0.2, 0.25) is 0 Å². The largest absolute Gasteiger partial charge is 0.507 e. The number of carbonyl (C=O) groups excluding carboxylic acids is 1. The van der Waals surface area contributed by atoms with Gasteiger partial charge in [0, 0.05) is 4.47 Å². The van der Waals surface area contributed by atoms with Gasteiger partial charge in [0.2, 0.25) is 0 Å². The summed E-state index contributed by atoms with van der Waals surface area (Å²) >= 11 is 3.18. The van der Waals surface area contributed by atoms with Gasteiger partial charge in [-0.2, -0.15) is 0 Å². The Labute approximate surface area is 127 Å². The van der Waals surface area contributed by atoms with Crippen molar-refractivity contribution < 1.29 is 24.9 Å². The van der Waals surface area contributed by atoms with E-state index in [1.165, 1.54) is 24.3 Å². The molecule has 108 valence electrons. The van der Waals surface area contributed by atoms with Gasteiger partial charge in [-0.25, -0.2) is 4.79 Å². The van der Waals surface area contributed by atoms with Crippen LogP contribution in [0.5, 0.6) is 11.5 Å². The molecular formula is C14H10BrNO5. The van der Waals surface area contributed by atoms with E-state index >= 15 is 0 Å². The number of carboxylic acid groups (broad SMARTS) is 1. The fraction of sp³-hybridized carbons (Fsp3) is 0. The molecule has 7 heteroatoms. The van der Waals surface area contributed by atoms with Crippen LogP contribution >= 0.6 is 15.9 Å². The second kappa shape index (κ2) is 5.84. The molecule has 2 rings (SSSR count). The van der Waals surface area contributed by atoms with Gasteiger partial charge in [0.05, 0.1) is 16.8 Å². The van der Waals surface area contributed by atoms with E-state index in [1.807, 2.05) is 0 Å². The van der Waals surface area contributed by atoms with Crippen molar-refractivity contribution in [3.63, 3.8) is 0 Å². The van der Waals surface area contributed by atoms with Crippen molar-refractivity contribution in [2.45, 2.75) is 0 Å². The molecule has 2 aromatic rings. The van der Waals surface area contributed by atoms with Crippen LogP contribution in [0.15, 0.2) is 40.9 Å². The Morgan fingerprint density at radius 3 is 2.33 bits per heavy atom. The Balaban J connectivity index is 2.33. The number of phenolic OH excluding ortho intramolecular Hbond substituents is 2. The number of rotatable bonds is 3. The summed E-state index contributed by atoms with van der Waals surface area (Å²) in [4.78, 5) is 22.9. The highest BCUT2D eigenvalue weighted by Gasteiger charge is 2.15. The molecule has 0 aliphatic heterocycles. The Bertz CT molecular complexity index is 729. The van der Waals surface area contributed by atoms with Crippen LogP contribution in [-0.4, -0.2) is 27.2 Å². The molecule has 1 amide bonds. The van der Waals surface area contributed by atoms with Gasteiger partial charge in [-0.3, -0.25) is 4.79 Å². The zero-order chi connectivity index (χ0) is 15.6. The molecule has 4 N–H and O–H groups in total. The van der Waals surface area contributed by atoms with Crippen molar-refractivity contribution in [2.24, 2.45) is 0 Å². The van der Waals surface area contributed by atoms with Crippen molar-refractivity contribution in [2.75, 3.05) is 5.32 Å². The van der Waals surface area contributed by atoms with Crippen LogP contribution < -0.4 is 5.32 Å². The zero-order valence-electron chi connectivity index (χ0n) is 10.5. The van der Waals surface area contributed by atoms with E-state index in [-0.39, 0.29) is 28.3 Å². The number of benzene rings is 2. The van der Waals surface area contributed by atoms with E-state index in [0.717, 1.165) is 6.07 Å². The lowest BCUT2D eigenvalue weighted by Gasteiger charge is -2.09. The maximum atomic E-state index is 12.1. The molecule has 0 fully saturated rings. The molecular weight excluding hydrogens is 342 g/mol. The van der Waals surface area contributed by atoms with Gasteiger partial charge in [-0.1, -0.05) is 15.9 Å². The smallest absolute Gasteiger partial charge is 0.335 e. The van der Waals surface area contributed by atoms with E-state index in [4.69, 9.17) is 5.11 Å². The number of anilines is 1. The van der Waals surface area contributed by atoms with Crippen LogP contribution in [0, 0.1) is 0 Å². The molecule has 2 aromatic carbocycles. The maximum absolute atomic E-state index is 12.1. The number of halogens is 1. The minimum Gasteiger partial charge on any atom is -0.507 e. The predicted octanol–water partition coefficient (Wildman–Crippen LogP) is 2.81. The fourth-order valence-electron chi connectivity index (χ4n) is 1.65. The molecule has 0 saturated heterocycles. The van der Waals surface area contributed by atoms with E-state index in [1.54, 1.807) is 6.07 Å². The van der Waals surface area contributed by atoms with Gasteiger partial charge in [0.1, 0.15) is 11.5 Å². The lowest BCUT2D eigenvalue weighted by Crippen LogP contribution is -2.13. The number of amides is 1. The number of aromatic hydroxyl groups is 2. The standard InChI is InChI=1S/C14H10BrNO5/c15-8-2-4-11(17)9(6-8)13(19)16-10-5-7(14(20)21)1-3-12(10)18/h1-6,17-18H,(H,16,19)(H,20,21). The molecule has 21 heavy (non-hydrogen) atoms. The highest BCUT2D eigenvalue weighted by atomic mass is 79.9. The Kier molecular flexibility index (Phi) is 4.13. The summed E-state index contributed by atoms with van der Waals surface area (Å²) in [6, 6.07) is 7.82. The molecule has 0 unspecified atom stereocenters. The number of hydrogen-bond donors (Lipinski definition) is 4. The molecule has 0 aliphatic carbocycles. The molecule has 6 nitrogen and oxygen atoms in total. The van der Waals surface area contributed by atoms with Crippen molar-refractivity contribution >= 4 is 33.5 Å². The molecule has 0 aromatic heterocycles. The SMILES string of the molecule is O=C(O)c1ccc(O)c(NC(=O)c2cc(Br)ccc2O)c1. The summed E-state index contributed by atoms with van der Waals surface area (Å²) in [6.07, 6.45) is 0. The molecule has 0 atom stereocenters. The average Bonchev–Trinajstić information content (AvgIpc) is 2.43. The van der Waals surface area contributed by atoms with Crippen LogP contribution in [0.4, 0.5) is 5.69 Å². The molecule has 0 aliphatic rings. The summed E-state index contributed by atoms with van der Waals surface area (Å²) in [5, 5.41) is 30.6. The first kappa shape index (κ1) is 14.9. The van der Waals surface area contributed by atoms with E-state index in [0.29, 0.717) is 4.47 Å². The second-order valence-corrected chi connectivity index (χ2v) is 5.07. The Morgan fingerprint density at radius 1 is 1.00 bits per heavy atom. The number of carbonyl (C=O) groups is 2.